The van der Waals surface area contributed by atoms with E-state index in [4.69, 9.17) is 0 Å². The number of pyridine rings is 1. The molecule has 7 nitrogen and oxygen atoms in total. The lowest BCUT2D eigenvalue weighted by molar-refractivity contribution is 0.0949. The van der Waals surface area contributed by atoms with Crippen molar-refractivity contribution in [2.45, 2.75) is 11.4 Å². The highest BCUT2D eigenvalue weighted by Crippen LogP contribution is 2.10. The van der Waals surface area contributed by atoms with Crippen LogP contribution in [-0.2, 0) is 16.6 Å². The SMILES string of the molecule is CNS(=O)(=O)c1ccc(CNC(=O)c2c[nH]c3ccccc3c2=O)cc1. The first-order valence-electron chi connectivity index (χ1n) is 7.83. The molecule has 8 heteroatoms. The number of benzene rings is 2. The zero-order chi connectivity index (χ0) is 18.7. The number of carbonyl (C=O) groups is 1. The topological polar surface area (TPSA) is 108 Å². The van der Waals surface area contributed by atoms with Gasteiger partial charge in [0, 0.05) is 23.6 Å². The summed E-state index contributed by atoms with van der Waals surface area (Å²) in [5, 5.41) is 3.12. The number of aromatic amines is 1. The third kappa shape index (κ3) is 3.51. The van der Waals surface area contributed by atoms with Crippen molar-refractivity contribution in [3.05, 3.63) is 76.1 Å². The van der Waals surface area contributed by atoms with Gasteiger partial charge in [-0.2, -0.15) is 0 Å². The van der Waals surface area contributed by atoms with E-state index < -0.39 is 15.9 Å². The molecule has 2 aromatic carbocycles. The maximum Gasteiger partial charge on any atom is 0.257 e. The summed E-state index contributed by atoms with van der Waals surface area (Å²) in [4.78, 5) is 27.8. The molecule has 0 radical (unpaired) electrons. The highest BCUT2D eigenvalue weighted by Gasteiger charge is 2.13. The van der Waals surface area contributed by atoms with Crippen LogP contribution in [0, 0.1) is 0 Å². The number of rotatable bonds is 5. The van der Waals surface area contributed by atoms with Gasteiger partial charge in [0.25, 0.3) is 5.91 Å². The van der Waals surface area contributed by atoms with Gasteiger partial charge < -0.3 is 10.3 Å². The van der Waals surface area contributed by atoms with Crippen molar-refractivity contribution in [2.75, 3.05) is 7.05 Å². The average Bonchev–Trinajstić information content (AvgIpc) is 2.67. The zero-order valence-corrected chi connectivity index (χ0v) is 14.8. The quantitative estimate of drug-likeness (QED) is 0.629. The zero-order valence-electron chi connectivity index (χ0n) is 13.9. The first-order chi connectivity index (χ1) is 12.4. The van der Waals surface area contributed by atoms with E-state index in [2.05, 4.69) is 15.0 Å². The lowest BCUT2D eigenvalue weighted by Crippen LogP contribution is -2.28. The summed E-state index contributed by atoms with van der Waals surface area (Å²) in [7, 11) is -2.16. The van der Waals surface area contributed by atoms with Crippen LogP contribution in [0.5, 0.6) is 0 Å². The van der Waals surface area contributed by atoms with Crippen LogP contribution in [0.2, 0.25) is 0 Å². The molecule has 0 aliphatic heterocycles. The van der Waals surface area contributed by atoms with Crippen LogP contribution in [0.3, 0.4) is 0 Å². The Morgan fingerprint density at radius 2 is 1.77 bits per heavy atom. The number of hydrogen-bond donors (Lipinski definition) is 3. The Hall–Kier alpha value is -2.97. The van der Waals surface area contributed by atoms with Crippen LogP contribution < -0.4 is 15.5 Å². The molecule has 0 aliphatic rings. The van der Waals surface area contributed by atoms with Crippen molar-refractivity contribution in [3.8, 4) is 0 Å². The van der Waals surface area contributed by atoms with Crippen molar-refractivity contribution < 1.29 is 13.2 Å². The Balaban J connectivity index is 1.75. The summed E-state index contributed by atoms with van der Waals surface area (Å²) in [5.41, 5.74) is 1.06. The minimum atomic E-state index is -3.50. The first kappa shape index (κ1) is 17.8. The van der Waals surface area contributed by atoms with Gasteiger partial charge >= 0.3 is 0 Å². The predicted molar refractivity (Wildman–Crippen MR) is 98.4 cm³/mol. The van der Waals surface area contributed by atoms with E-state index in [9.17, 15) is 18.0 Å². The van der Waals surface area contributed by atoms with E-state index in [1.165, 1.54) is 25.4 Å². The fourth-order valence-corrected chi connectivity index (χ4v) is 3.25. The van der Waals surface area contributed by atoms with E-state index in [0.717, 1.165) is 0 Å². The normalized spacial score (nSPS) is 11.4. The molecule has 134 valence electrons. The Morgan fingerprint density at radius 3 is 2.46 bits per heavy atom. The molecule has 3 N–H and O–H groups in total. The van der Waals surface area contributed by atoms with Crippen molar-refractivity contribution >= 4 is 26.8 Å². The monoisotopic (exact) mass is 371 g/mol. The lowest BCUT2D eigenvalue weighted by Gasteiger charge is -2.07. The molecule has 26 heavy (non-hydrogen) atoms. The standard InChI is InChI=1S/C18H17N3O4S/c1-19-26(24,25)13-8-6-12(7-9-13)10-21-18(23)15-11-20-16-5-3-2-4-14(16)17(15)22/h2-9,11,19H,10H2,1H3,(H,20,22)(H,21,23). The van der Waals surface area contributed by atoms with Gasteiger partial charge in [0.2, 0.25) is 15.5 Å². The number of sulfonamides is 1. The molecule has 0 spiro atoms. The van der Waals surface area contributed by atoms with E-state index in [0.29, 0.717) is 16.5 Å². The summed E-state index contributed by atoms with van der Waals surface area (Å²) in [6, 6.07) is 13.1. The first-order valence-corrected chi connectivity index (χ1v) is 9.32. The van der Waals surface area contributed by atoms with Gasteiger partial charge in [0.1, 0.15) is 5.56 Å². The third-order valence-electron chi connectivity index (χ3n) is 3.99. The predicted octanol–water partition coefficient (Wildman–Crippen LogP) is 1.37. The van der Waals surface area contributed by atoms with Crippen molar-refractivity contribution in [1.29, 1.82) is 0 Å². The largest absolute Gasteiger partial charge is 0.360 e. The maximum absolute atomic E-state index is 12.4. The second kappa shape index (κ2) is 7.11. The fourth-order valence-electron chi connectivity index (χ4n) is 2.52. The van der Waals surface area contributed by atoms with Gasteiger partial charge in [0.15, 0.2) is 0 Å². The van der Waals surface area contributed by atoms with E-state index in [1.807, 2.05) is 0 Å². The van der Waals surface area contributed by atoms with Gasteiger partial charge in [-0.25, -0.2) is 13.1 Å². The number of H-pyrrole nitrogens is 1. The summed E-state index contributed by atoms with van der Waals surface area (Å²) in [6.07, 6.45) is 1.39. The van der Waals surface area contributed by atoms with Crippen molar-refractivity contribution in [1.82, 2.24) is 15.0 Å². The fraction of sp³-hybridized carbons (Fsp3) is 0.111. The average molecular weight is 371 g/mol. The highest BCUT2D eigenvalue weighted by molar-refractivity contribution is 7.89. The summed E-state index contributed by atoms with van der Waals surface area (Å²) < 4.78 is 25.6. The lowest BCUT2D eigenvalue weighted by atomic mass is 10.1. The van der Waals surface area contributed by atoms with Gasteiger partial charge in [-0.3, -0.25) is 9.59 Å². The highest BCUT2D eigenvalue weighted by atomic mass is 32.2. The third-order valence-corrected chi connectivity index (χ3v) is 5.42. The Kier molecular flexibility index (Phi) is 4.88. The summed E-state index contributed by atoms with van der Waals surface area (Å²) in [6.45, 7) is 0.172. The Morgan fingerprint density at radius 1 is 1.08 bits per heavy atom. The number of para-hydroxylation sites is 1. The summed E-state index contributed by atoms with van der Waals surface area (Å²) >= 11 is 0. The maximum atomic E-state index is 12.4. The minimum Gasteiger partial charge on any atom is -0.360 e. The van der Waals surface area contributed by atoms with E-state index >= 15 is 0 Å². The van der Waals surface area contributed by atoms with Crippen LogP contribution in [-0.4, -0.2) is 26.4 Å². The van der Waals surface area contributed by atoms with Gasteiger partial charge in [-0.05, 0) is 36.9 Å². The molecule has 0 fully saturated rings. The van der Waals surface area contributed by atoms with Crippen LogP contribution in [0.4, 0.5) is 0 Å². The Labute approximate surface area is 150 Å². The Bertz CT molecular complexity index is 1120. The molecule has 0 saturated heterocycles. The second-order valence-corrected chi connectivity index (χ2v) is 7.50. The molecule has 1 amide bonds. The molecule has 0 bridgehead atoms. The number of aromatic nitrogens is 1. The van der Waals surface area contributed by atoms with Gasteiger partial charge in [-0.1, -0.05) is 24.3 Å². The van der Waals surface area contributed by atoms with Crippen LogP contribution >= 0.6 is 0 Å². The molecule has 1 aromatic heterocycles. The second-order valence-electron chi connectivity index (χ2n) is 5.61. The number of fused-ring (bicyclic) bond motifs is 1. The number of carbonyl (C=O) groups excluding carboxylic acids is 1. The molecule has 0 atom stereocenters. The molecule has 3 aromatic rings. The van der Waals surface area contributed by atoms with Crippen molar-refractivity contribution in [2.24, 2.45) is 0 Å². The number of nitrogens with one attached hydrogen (secondary N) is 3. The van der Waals surface area contributed by atoms with Gasteiger partial charge in [-0.15, -0.1) is 0 Å². The summed E-state index contributed by atoms with van der Waals surface area (Å²) in [5.74, 6) is -0.496. The van der Waals surface area contributed by atoms with E-state index in [-0.39, 0.29) is 22.4 Å². The van der Waals surface area contributed by atoms with Crippen LogP contribution in [0.15, 0.2) is 64.4 Å². The molecular weight excluding hydrogens is 354 g/mol. The van der Waals surface area contributed by atoms with Crippen LogP contribution in [0.1, 0.15) is 15.9 Å². The number of amides is 1. The number of hydrogen-bond acceptors (Lipinski definition) is 4. The van der Waals surface area contributed by atoms with Crippen LogP contribution in [0.25, 0.3) is 10.9 Å². The molecular formula is C18H17N3O4S. The smallest absolute Gasteiger partial charge is 0.257 e. The van der Waals surface area contributed by atoms with E-state index in [1.54, 1.807) is 36.4 Å². The molecule has 0 unspecified atom stereocenters. The molecule has 1 heterocycles. The molecule has 0 aliphatic carbocycles. The molecule has 0 saturated carbocycles. The van der Waals surface area contributed by atoms with Crippen molar-refractivity contribution in [3.63, 3.8) is 0 Å². The molecule has 3 rings (SSSR count). The van der Waals surface area contributed by atoms with Gasteiger partial charge in [0.05, 0.1) is 4.90 Å². The minimum absolute atomic E-state index is 0.0260.